The van der Waals surface area contributed by atoms with Gasteiger partial charge in [0.25, 0.3) is 20.2 Å². The zero-order chi connectivity index (χ0) is 29.7. The number of hydrogen-bond donors (Lipinski definition) is 5. The van der Waals surface area contributed by atoms with Gasteiger partial charge in [0.2, 0.25) is 0 Å². The Balaban J connectivity index is 0.000000167. The first-order valence-corrected chi connectivity index (χ1v) is 16.5. The van der Waals surface area contributed by atoms with Crippen molar-refractivity contribution in [1.29, 1.82) is 0 Å². The summed E-state index contributed by atoms with van der Waals surface area (Å²) < 4.78 is 62.0. The SMILES string of the molecule is CC1(C)[C@@H]2CC[C@@]1(CS(=O)(=O)O)C(=O)C2.CC1(C)[C@@H]2CC[C@@]1(CS(=O)(=O)O)C(=O)C2.O=C(O)[C@H]1CNCCN1. The molecule has 5 aliphatic rings. The molecule has 0 aromatic heterocycles. The van der Waals surface area contributed by atoms with E-state index in [1.165, 1.54) is 0 Å². The lowest BCUT2D eigenvalue weighted by Gasteiger charge is -2.35. The number of carboxylic acid groups (broad SMARTS) is 1. The van der Waals surface area contributed by atoms with Crippen LogP contribution < -0.4 is 10.6 Å². The summed E-state index contributed by atoms with van der Waals surface area (Å²) in [5, 5.41) is 14.3. The Morgan fingerprint density at radius 3 is 1.44 bits per heavy atom. The average Bonchev–Trinajstić information content (AvgIpc) is 3.31. The number of rotatable bonds is 5. The van der Waals surface area contributed by atoms with Gasteiger partial charge in [0, 0.05) is 32.5 Å². The van der Waals surface area contributed by atoms with E-state index < -0.39 is 54.6 Å². The number of carboxylic acids is 1. The molecule has 0 unspecified atom stereocenters. The zero-order valence-corrected chi connectivity index (χ0v) is 24.7. The van der Waals surface area contributed by atoms with E-state index in [2.05, 4.69) is 10.6 Å². The van der Waals surface area contributed by atoms with Gasteiger partial charge in [-0.3, -0.25) is 23.5 Å². The highest BCUT2D eigenvalue weighted by atomic mass is 32.2. The number of carbonyl (C=O) groups excluding carboxylic acids is 2. The molecule has 39 heavy (non-hydrogen) atoms. The van der Waals surface area contributed by atoms with Crippen molar-refractivity contribution in [1.82, 2.24) is 10.6 Å². The summed E-state index contributed by atoms with van der Waals surface area (Å²) in [7, 11) is -8.15. The molecule has 0 amide bonds. The molecular weight excluding hydrogens is 552 g/mol. The molecule has 5 atom stereocenters. The summed E-state index contributed by atoms with van der Waals surface area (Å²) in [5.74, 6) is -0.978. The number of fused-ring (bicyclic) bond motifs is 4. The molecule has 0 spiro atoms. The predicted molar refractivity (Wildman–Crippen MR) is 142 cm³/mol. The second kappa shape index (κ2) is 10.8. The van der Waals surface area contributed by atoms with Crippen molar-refractivity contribution < 1.29 is 45.4 Å². The lowest BCUT2D eigenvalue weighted by Crippen LogP contribution is -2.52. The highest BCUT2D eigenvalue weighted by Crippen LogP contribution is 2.65. The number of nitrogens with one attached hydrogen (secondary N) is 2. The molecule has 224 valence electrons. The van der Waals surface area contributed by atoms with Crippen LogP contribution >= 0.6 is 0 Å². The third-order valence-corrected chi connectivity index (χ3v) is 12.2. The molecule has 5 fully saturated rings. The normalized spacial score (nSPS) is 36.1. The maximum absolute atomic E-state index is 11.9. The van der Waals surface area contributed by atoms with Gasteiger partial charge in [-0.15, -0.1) is 0 Å². The van der Waals surface area contributed by atoms with Crippen molar-refractivity contribution in [2.24, 2.45) is 33.5 Å². The van der Waals surface area contributed by atoms with Gasteiger partial charge in [-0.05, 0) is 48.3 Å². The first-order chi connectivity index (χ1) is 17.7. The largest absolute Gasteiger partial charge is 0.480 e. The number of hydrogen-bond acceptors (Lipinski definition) is 9. The topological polar surface area (TPSA) is 204 Å². The van der Waals surface area contributed by atoms with E-state index in [-0.39, 0.29) is 34.2 Å². The highest BCUT2D eigenvalue weighted by molar-refractivity contribution is 7.86. The molecule has 5 rings (SSSR count). The van der Waals surface area contributed by atoms with Crippen LogP contribution in [0.4, 0.5) is 0 Å². The Morgan fingerprint density at radius 2 is 1.23 bits per heavy atom. The fourth-order valence-corrected chi connectivity index (χ4v) is 10.3. The van der Waals surface area contributed by atoms with Crippen LogP contribution in [0, 0.1) is 33.5 Å². The van der Waals surface area contributed by atoms with E-state index in [0.717, 1.165) is 25.9 Å². The van der Waals surface area contributed by atoms with E-state index in [9.17, 15) is 31.2 Å². The van der Waals surface area contributed by atoms with Crippen LogP contribution in [-0.2, 0) is 34.6 Å². The summed E-state index contributed by atoms with van der Waals surface area (Å²) in [6.45, 7) is 9.93. The Bertz CT molecular complexity index is 1130. The zero-order valence-electron chi connectivity index (χ0n) is 23.0. The number of aliphatic carboxylic acids is 1. The minimum absolute atomic E-state index is 0.0152. The third-order valence-electron chi connectivity index (χ3n) is 10.5. The predicted octanol–water partition coefficient (Wildman–Crippen LogP) is 1.17. The molecule has 14 heteroatoms. The van der Waals surface area contributed by atoms with Crippen LogP contribution in [0.25, 0.3) is 0 Å². The average molecular weight is 595 g/mol. The van der Waals surface area contributed by atoms with Gasteiger partial charge in [0.05, 0.1) is 22.3 Å². The van der Waals surface area contributed by atoms with Gasteiger partial charge in [-0.1, -0.05) is 27.7 Å². The van der Waals surface area contributed by atoms with Crippen LogP contribution in [0.5, 0.6) is 0 Å². The fraction of sp³-hybridized carbons (Fsp3) is 0.880. The van der Waals surface area contributed by atoms with E-state index >= 15 is 0 Å². The minimum atomic E-state index is -4.08. The van der Waals surface area contributed by atoms with Gasteiger partial charge in [-0.2, -0.15) is 16.8 Å². The quantitative estimate of drug-likeness (QED) is 0.285. The molecule has 12 nitrogen and oxygen atoms in total. The van der Waals surface area contributed by atoms with Crippen molar-refractivity contribution >= 4 is 37.8 Å². The molecule has 4 bridgehead atoms. The van der Waals surface area contributed by atoms with E-state index in [1.54, 1.807) is 0 Å². The van der Waals surface area contributed by atoms with Crippen LogP contribution in [0.3, 0.4) is 0 Å². The second-order valence-corrected chi connectivity index (χ2v) is 15.7. The standard InChI is InChI=1S/2C10H16O4S.C5H10N2O2/c2*1-9(2)7-3-4-10(9,8(11)5-7)6-15(12,13)14;8-5(9)4-3-6-1-2-7-4/h2*7H,3-6H2,1-2H3,(H,12,13,14);4,6-7H,1-3H2,(H,8,9)/t2*7-,10-;4-/m111/s1. The number of Topliss-reactive ketones (excluding diaryl/α,β-unsaturated/α-hetero) is 2. The third kappa shape index (κ3) is 6.10. The molecule has 0 radical (unpaired) electrons. The first kappa shape index (κ1) is 32.1. The number of piperazine rings is 1. The monoisotopic (exact) mass is 594 g/mol. The molecule has 1 heterocycles. The van der Waals surface area contributed by atoms with Crippen LogP contribution in [0.15, 0.2) is 0 Å². The number of carbonyl (C=O) groups is 3. The van der Waals surface area contributed by atoms with Crippen molar-refractivity contribution in [3.05, 3.63) is 0 Å². The van der Waals surface area contributed by atoms with Crippen molar-refractivity contribution in [2.75, 3.05) is 31.1 Å². The summed E-state index contributed by atoms with van der Waals surface area (Å²) in [6, 6.07) is -0.390. The molecule has 5 N–H and O–H groups in total. The van der Waals surface area contributed by atoms with E-state index in [4.69, 9.17) is 14.2 Å². The van der Waals surface area contributed by atoms with Gasteiger partial charge < -0.3 is 15.7 Å². The first-order valence-electron chi connectivity index (χ1n) is 13.3. The summed E-state index contributed by atoms with van der Waals surface area (Å²) in [5.41, 5.74) is -2.24. The molecule has 0 aromatic carbocycles. The summed E-state index contributed by atoms with van der Waals surface area (Å²) >= 11 is 0. The van der Waals surface area contributed by atoms with Gasteiger partial charge >= 0.3 is 5.97 Å². The molecule has 1 saturated heterocycles. The van der Waals surface area contributed by atoms with Gasteiger partial charge in [-0.25, -0.2) is 0 Å². The van der Waals surface area contributed by atoms with Crippen LogP contribution in [0.1, 0.15) is 66.2 Å². The molecular formula is C25H42N2O10S2. The van der Waals surface area contributed by atoms with Crippen LogP contribution in [-0.4, -0.2) is 85.8 Å². The maximum Gasteiger partial charge on any atom is 0.322 e. The van der Waals surface area contributed by atoms with E-state index in [1.807, 2.05) is 27.7 Å². The second-order valence-electron chi connectivity index (χ2n) is 12.8. The highest BCUT2D eigenvalue weighted by Gasteiger charge is 2.66. The minimum Gasteiger partial charge on any atom is -0.480 e. The Labute approximate surface area is 230 Å². The Kier molecular flexibility index (Phi) is 8.84. The molecule has 4 saturated carbocycles. The fourth-order valence-electron chi connectivity index (χ4n) is 7.67. The summed E-state index contributed by atoms with van der Waals surface area (Å²) in [4.78, 5) is 34.0. The van der Waals surface area contributed by atoms with Crippen LogP contribution in [0.2, 0.25) is 0 Å². The smallest absolute Gasteiger partial charge is 0.322 e. The van der Waals surface area contributed by atoms with Crippen molar-refractivity contribution in [3.63, 3.8) is 0 Å². The van der Waals surface area contributed by atoms with Crippen molar-refractivity contribution in [3.8, 4) is 0 Å². The lowest BCUT2D eigenvalue weighted by atomic mass is 9.70. The van der Waals surface area contributed by atoms with Gasteiger partial charge in [0.15, 0.2) is 0 Å². The summed E-state index contributed by atoms with van der Waals surface area (Å²) in [6.07, 6.45) is 3.94. The molecule has 4 aliphatic carbocycles. The van der Waals surface area contributed by atoms with Gasteiger partial charge in [0.1, 0.15) is 17.6 Å². The Morgan fingerprint density at radius 1 is 0.821 bits per heavy atom. The molecule has 1 aliphatic heterocycles. The number of ketones is 2. The van der Waals surface area contributed by atoms with Crippen molar-refractivity contribution in [2.45, 2.75) is 72.3 Å². The maximum atomic E-state index is 11.9. The van der Waals surface area contributed by atoms with E-state index in [0.29, 0.717) is 32.2 Å². The molecule has 0 aromatic rings. The Hall–Kier alpha value is -1.45. The lowest BCUT2D eigenvalue weighted by molar-refractivity contribution is -0.139.